The van der Waals surface area contributed by atoms with Crippen LogP contribution in [-0.2, 0) is 9.59 Å². The van der Waals surface area contributed by atoms with Crippen molar-refractivity contribution in [1.82, 2.24) is 4.90 Å². The highest BCUT2D eigenvalue weighted by atomic mass is 16.5. The molecule has 0 aromatic heterocycles. The standard InChI is InChI=1S/C25H29N3O5/c1-32-20-13-11-17(12-14-20)26-23(29)16-22-24(30)28(19-9-6-10-21(15-19)33-2)25(31)27(22)18-7-4-3-5-8-18/h6,9-15,18,22H,3-5,7-8,16H2,1-2H3,(H,26,29)/t22-/m0/s1. The van der Waals surface area contributed by atoms with Crippen LogP contribution in [0, 0.1) is 0 Å². The minimum absolute atomic E-state index is 0.0513. The molecule has 2 aliphatic rings. The third-order valence-electron chi connectivity index (χ3n) is 6.29. The van der Waals surface area contributed by atoms with Gasteiger partial charge < -0.3 is 19.7 Å². The Hall–Kier alpha value is -3.55. The molecular weight excluding hydrogens is 422 g/mol. The van der Waals surface area contributed by atoms with E-state index in [1.165, 1.54) is 12.0 Å². The Labute approximate surface area is 193 Å². The number of nitrogens with zero attached hydrogens (tertiary/aromatic N) is 2. The van der Waals surface area contributed by atoms with Crippen LogP contribution in [-0.4, -0.2) is 49.0 Å². The number of benzene rings is 2. The SMILES string of the molecule is COc1ccc(NC(=O)C[C@H]2C(=O)N(c3cccc(OC)c3)C(=O)N2C2CCCCC2)cc1. The van der Waals surface area contributed by atoms with E-state index in [4.69, 9.17) is 9.47 Å². The van der Waals surface area contributed by atoms with Gasteiger partial charge in [0.25, 0.3) is 5.91 Å². The topological polar surface area (TPSA) is 88.2 Å². The number of nitrogens with one attached hydrogen (secondary N) is 1. The van der Waals surface area contributed by atoms with E-state index in [9.17, 15) is 14.4 Å². The van der Waals surface area contributed by atoms with Crippen LogP contribution >= 0.6 is 0 Å². The molecular formula is C25H29N3O5. The van der Waals surface area contributed by atoms with E-state index < -0.39 is 6.04 Å². The van der Waals surface area contributed by atoms with Crippen molar-refractivity contribution in [1.29, 1.82) is 0 Å². The van der Waals surface area contributed by atoms with Gasteiger partial charge in [0.05, 0.1) is 26.3 Å². The Morgan fingerprint density at radius 2 is 1.67 bits per heavy atom. The second-order valence-electron chi connectivity index (χ2n) is 8.35. The van der Waals surface area contributed by atoms with E-state index in [1.807, 2.05) is 0 Å². The largest absolute Gasteiger partial charge is 0.497 e. The number of imide groups is 1. The first-order valence-electron chi connectivity index (χ1n) is 11.3. The third-order valence-corrected chi connectivity index (χ3v) is 6.29. The lowest BCUT2D eigenvalue weighted by Gasteiger charge is -2.33. The predicted octanol–water partition coefficient (Wildman–Crippen LogP) is 4.20. The summed E-state index contributed by atoms with van der Waals surface area (Å²) in [7, 11) is 3.11. The summed E-state index contributed by atoms with van der Waals surface area (Å²) in [5.74, 6) is 0.531. The van der Waals surface area contributed by atoms with Crippen molar-refractivity contribution >= 4 is 29.2 Å². The summed E-state index contributed by atoms with van der Waals surface area (Å²) in [6.07, 6.45) is 4.70. The van der Waals surface area contributed by atoms with E-state index in [2.05, 4.69) is 5.32 Å². The van der Waals surface area contributed by atoms with Crippen LogP contribution in [0.1, 0.15) is 38.5 Å². The predicted molar refractivity (Wildman–Crippen MR) is 125 cm³/mol. The van der Waals surface area contributed by atoms with Crippen molar-refractivity contribution in [2.75, 3.05) is 24.4 Å². The zero-order valence-electron chi connectivity index (χ0n) is 19.0. The summed E-state index contributed by atoms with van der Waals surface area (Å²) in [4.78, 5) is 42.6. The lowest BCUT2D eigenvalue weighted by molar-refractivity contribution is -0.125. The average molecular weight is 452 g/mol. The molecule has 0 unspecified atom stereocenters. The van der Waals surface area contributed by atoms with E-state index in [1.54, 1.807) is 60.5 Å². The van der Waals surface area contributed by atoms with Gasteiger partial charge in [0.15, 0.2) is 0 Å². The maximum atomic E-state index is 13.5. The van der Waals surface area contributed by atoms with Crippen LogP contribution in [0.25, 0.3) is 0 Å². The fourth-order valence-corrected chi connectivity index (χ4v) is 4.62. The fourth-order valence-electron chi connectivity index (χ4n) is 4.62. The number of hydrogen-bond donors (Lipinski definition) is 1. The minimum Gasteiger partial charge on any atom is -0.497 e. The monoisotopic (exact) mass is 451 g/mol. The van der Waals surface area contributed by atoms with E-state index in [0.29, 0.717) is 22.9 Å². The Balaban J connectivity index is 1.57. The molecule has 33 heavy (non-hydrogen) atoms. The first kappa shape index (κ1) is 22.6. The zero-order chi connectivity index (χ0) is 23.4. The smallest absolute Gasteiger partial charge is 0.332 e. The maximum Gasteiger partial charge on any atom is 0.332 e. The molecule has 4 amide bonds. The van der Waals surface area contributed by atoms with Crippen molar-refractivity contribution in [3.63, 3.8) is 0 Å². The van der Waals surface area contributed by atoms with Crippen molar-refractivity contribution in [2.45, 2.75) is 50.6 Å². The Morgan fingerprint density at radius 3 is 2.33 bits per heavy atom. The highest BCUT2D eigenvalue weighted by Gasteiger charge is 2.49. The van der Waals surface area contributed by atoms with Crippen molar-refractivity contribution in [3.8, 4) is 11.5 Å². The minimum atomic E-state index is -0.843. The van der Waals surface area contributed by atoms with Gasteiger partial charge in [-0.3, -0.25) is 9.59 Å². The van der Waals surface area contributed by atoms with E-state index in [-0.39, 0.29) is 30.3 Å². The summed E-state index contributed by atoms with van der Waals surface area (Å²) in [6.45, 7) is 0. The van der Waals surface area contributed by atoms with Gasteiger partial charge in [-0.15, -0.1) is 0 Å². The second kappa shape index (κ2) is 9.94. The quantitative estimate of drug-likeness (QED) is 0.638. The number of anilines is 2. The summed E-state index contributed by atoms with van der Waals surface area (Å²) in [5.41, 5.74) is 1.05. The summed E-state index contributed by atoms with van der Waals surface area (Å²) >= 11 is 0. The van der Waals surface area contributed by atoms with Crippen LogP contribution in [0.15, 0.2) is 48.5 Å². The van der Waals surface area contributed by atoms with E-state index >= 15 is 0 Å². The van der Waals surface area contributed by atoms with E-state index in [0.717, 1.165) is 32.1 Å². The molecule has 4 rings (SSSR count). The Kier molecular flexibility index (Phi) is 6.82. The summed E-state index contributed by atoms with van der Waals surface area (Å²) < 4.78 is 10.4. The van der Waals surface area contributed by atoms with Gasteiger partial charge in [0, 0.05) is 17.8 Å². The molecule has 1 atom stereocenters. The molecule has 0 spiro atoms. The van der Waals surface area contributed by atoms with Crippen LogP contribution in [0.5, 0.6) is 11.5 Å². The molecule has 1 saturated heterocycles. The first-order valence-corrected chi connectivity index (χ1v) is 11.3. The zero-order valence-corrected chi connectivity index (χ0v) is 19.0. The third kappa shape index (κ3) is 4.79. The number of rotatable bonds is 7. The van der Waals surface area contributed by atoms with Crippen molar-refractivity contribution in [2.24, 2.45) is 0 Å². The second-order valence-corrected chi connectivity index (χ2v) is 8.35. The highest BCUT2D eigenvalue weighted by Crippen LogP contribution is 2.34. The lowest BCUT2D eigenvalue weighted by Crippen LogP contribution is -2.45. The van der Waals surface area contributed by atoms with Gasteiger partial charge in [-0.25, -0.2) is 9.69 Å². The van der Waals surface area contributed by atoms with Crippen LogP contribution in [0.3, 0.4) is 0 Å². The van der Waals surface area contributed by atoms with Gasteiger partial charge in [-0.2, -0.15) is 0 Å². The number of amides is 4. The molecule has 2 aromatic rings. The fraction of sp³-hybridized carbons (Fsp3) is 0.400. The Morgan fingerprint density at radius 1 is 0.970 bits per heavy atom. The van der Waals surface area contributed by atoms with Gasteiger partial charge >= 0.3 is 6.03 Å². The summed E-state index contributed by atoms with van der Waals surface area (Å²) in [6, 6.07) is 12.6. The highest BCUT2D eigenvalue weighted by molar-refractivity contribution is 6.22. The van der Waals surface area contributed by atoms with Crippen LogP contribution < -0.4 is 19.7 Å². The molecule has 1 heterocycles. The molecule has 1 N–H and O–H groups in total. The first-order chi connectivity index (χ1) is 16.0. The van der Waals surface area contributed by atoms with Gasteiger partial charge in [-0.05, 0) is 49.2 Å². The number of carbonyl (C=O) groups excluding carboxylic acids is 3. The molecule has 1 aliphatic carbocycles. The molecule has 0 bridgehead atoms. The number of ether oxygens (including phenoxy) is 2. The number of hydrogen-bond acceptors (Lipinski definition) is 5. The molecule has 2 fully saturated rings. The molecule has 0 radical (unpaired) electrons. The lowest BCUT2D eigenvalue weighted by atomic mass is 9.93. The Bertz CT molecular complexity index is 1020. The van der Waals surface area contributed by atoms with Gasteiger partial charge in [0.2, 0.25) is 5.91 Å². The maximum absolute atomic E-state index is 13.5. The van der Waals surface area contributed by atoms with Crippen LogP contribution in [0.2, 0.25) is 0 Å². The summed E-state index contributed by atoms with van der Waals surface area (Å²) in [5, 5.41) is 2.83. The number of methoxy groups -OCH3 is 2. The number of carbonyl (C=O) groups is 3. The van der Waals surface area contributed by atoms with Crippen LogP contribution in [0.4, 0.5) is 16.2 Å². The molecule has 8 heteroatoms. The normalized spacial score (nSPS) is 19.0. The van der Waals surface area contributed by atoms with Gasteiger partial charge in [0.1, 0.15) is 17.5 Å². The molecule has 174 valence electrons. The number of urea groups is 1. The van der Waals surface area contributed by atoms with Crippen molar-refractivity contribution < 1.29 is 23.9 Å². The molecule has 8 nitrogen and oxygen atoms in total. The van der Waals surface area contributed by atoms with Gasteiger partial charge in [-0.1, -0.05) is 25.3 Å². The average Bonchev–Trinajstić information content (AvgIpc) is 3.09. The molecule has 1 saturated carbocycles. The molecule has 2 aromatic carbocycles. The molecule has 1 aliphatic heterocycles. The van der Waals surface area contributed by atoms with Crippen molar-refractivity contribution in [3.05, 3.63) is 48.5 Å².